The van der Waals surface area contributed by atoms with Crippen LogP contribution in [0.25, 0.3) is 0 Å². The smallest absolute Gasteiger partial charge is 0.317 e. The molecule has 0 aliphatic rings. The topological polar surface area (TPSA) is 55.8 Å². The SMILES string of the molecule is CC(CO)N(C)C(=O)NCCN(C)Cc1ccc(F)cc1. The second kappa shape index (κ2) is 8.59. The summed E-state index contributed by atoms with van der Waals surface area (Å²) in [5, 5.41) is 11.8. The summed E-state index contributed by atoms with van der Waals surface area (Å²) >= 11 is 0. The molecule has 2 N–H and O–H groups in total. The maximum absolute atomic E-state index is 12.8. The highest BCUT2D eigenvalue weighted by atomic mass is 19.1. The van der Waals surface area contributed by atoms with Crippen molar-refractivity contribution in [3.8, 4) is 0 Å². The van der Waals surface area contributed by atoms with Gasteiger partial charge in [0.1, 0.15) is 5.82 Å². The maximum atomic E-state index is 12.8. The van der Waals surface area contributed by atoms with Gasteiger partial charge in [-0.3, -0.25) is 0 Å². The van der Waals surface area contributed by atoms with Crippen LogP contribution in [0.5, 0.6) is 0 Å². The zero-order valence-electron chi connectivity index (χ0n) is 12.8. The van der Waals surface area contributed by atoms with Gasteiger partial charge in [-0.2, -0.15) is 0 Å². The number of nitrogens with one attached hydrogen (secondary N) is 1. The van der Waals surface area contributed by atoms with Crippen molar-refractivity contribution in [3.63, 3.8) is 0 Å². The van der Waals surface area contributed by atoms with Crippen LogP contribution >= 0.6 is 0 Å². The van der Waals surface area contributed by atoms with Gasteiger partial charge in [-0.05, 0) is 31.7 Å². The Hall–Kier alpha value is -1.66. The standard InChI is InChI=1S/C15H24FN3O2/c1-12(11-20)19(3)15(21)17-8-9-18(2)10-13-4-6-14(16)7-5-13/h4-7,12,20H,8-11H2,1-3H3,(H,17,21). The van der Waals surface area contributed by atoms with Gasteiger partial charge in [0.15, 0.2) is 0 Å². The van der Waals surface area contributed by atoms with Gasteiger partial charge in [-0.15, -0.1) is 0 Å². The first-order valence-corrected chi connectivity index (χ1v) is 6.98. The molecule has 0 saturated heterocycles. The van der Waals surface area contributed by atoms with Gasteiger partial charge in [-0.25, -0.2) is 9.18 Å². The maximum Gasteiger partial charge on any atom is 0.317 e. The number of benzene rings is 1. The Kier molecular flexibility index (Phi) is 7.11. The average Bonchev–Trinajstić information content (AvgIpc) is 2.47. The van der Waals surface area contributed by atoms with E-state index < -0.39 is 0 Å². The molecule has 0 spiro atoms. The molecule has 1 rings (SSSR count). The highest BCUT2D eigenvalue weighted by Gasteiger charge is 2.14. The minimum absolute atomic E-state index is 0.0611. The predicted octanol–water partition coefficient (Wildman–Crippen LogP) is 1.28. The fraction of sp³-hybridized carbons (Fsp3) is 0.533. The molecule has 2 amide bonds. The summed E-state index contributed by atoms with van der Waals surface area (Å²) in [5.41, 5.74) is 1.02. The Morgan fingerprint density at radius 2 is 1.95 bits per heavy atom. The van der Waals surface area contributed by atoms with Crippen molar-refractivity contribution >= 4 is 6.03 Å². The molecule has 0 aliphatic heterocycles. The third-order valence-electron chi connectivity index (χ3n) is 3.38. The van der Waals surface area contributed by atoms with E-state index in [2.05, 4.69) is 5.32 Å². The number of likely N-dealkylation sites (N-methyl/N-ethyl adjacent to an activating group) is 2. The van der Waals surface area contributed by atoms with Crippen LogP contribution in [0, 0.1) is 5.82 Å². The van der Waals surface area contributed by atoms with Crippen LogP contribution in [-0.4, -0.2) is 60.8 Å². The summed E-state index contributed by atoms with van der Waals surface area (Å²) in [6.07, 6.45) is 0. The molecule has 1 aromatic carbocycles. The highest BCUT2D eigenvalue weighted by molar-refractivity contribution is 5.74. The van der Waals surface area contributed by atoms with Gasteiger partial charge in [0.2, 0.25) is 0 Å². The van der Waals surface area contributed by atoms with Crippen LogP contribution in [0.4, 0.5) is 9.18 Å². The number of carbonyl (C=O) groups excluding carboxylic acids is 1. The van der Waals surface area contributed by atoms with E-state index >= 15 is 0 Å². The number of hydrogen-bond acceptors (Lipinski definition) is 3. The van der Waals surface area contributed by atoms with E-state index in [4.69, 9.17) is 5.11 Å². The molecule has 5 nitrogen and oxygen atoms in total. The van der Waals surface area contributed by atoms with E-state index in [1.165, 1.54) is 17.0 Å². The minimum Gasteiger partial charge on any atom is -0.394 e. The van der Waals surface area contributed by atoms with Gasteiger partial charge < -0.3 is 20.2 Å². The van der Waals surface area contributed by atoms with Crippen molar-refractivity contribution in [3.05, 3.63) is 35.6 Å². The summed E-state index contributed by atoms with van der Waals surface area (Å²) in [5.74, 6) is -0.241. The van der Waals surface area contributed by atoms with Gasteiger partial charge in [0.05, 0.1) is 12.6 Å². The van der Waals surface area contributed by atoms with Crippen molar-refractivity contribution in [1.82, 2.24) is 15.1 Å². The van der Waals surface area contributed by atoms with E-state index in [0.717, 1.165) is 5.56 Å². The van der Waals surface area contributed by atoms with Gasteiger partial charge in [0, 0.05) is 26.7 Å². The second-order valence-corrected chi connectivity index (χ2v) is 5.24. The van der Waals surface area contributed by atoms with Gasteiger partial charge >= 0.3 is 6.03 Å². The Balaban J connectivity index is 2.28. The predicted molar refractivity (Wildman–Crippen MR) is 80.4 cm³/mol. The molecule has 21 heavy (non-hydrogen) atoms. The molecule has 1 aromatic rings. The van der Waals surface area contributed by atoms with E-state index in [0.29, 0.717) is 19.6 Å². The first-order valence-electron chi connectivity index (χ1n) is 6.98. The number of carbonyl (C=O) groups is 1. The zero-order valence-corrected chi connectivity index (χ0v) is 12.8. The molecule has 118 valence electrons. The van der Waals surface area contributed by atoms with Gasteiger partial charge in [-0.1, -0.05) is 12.1 Å². The summed E-state index contributed by atoms with van der Waals surface area (Å²) < 4.78 is 12.8. The lowest BCUT2D eigenvalue weighted by atomic mass is 10.2. The van der Waals surface area contributed by atoms with Crippen LogP contribution in [0.15, 0.2) is 24.3 Å². The number of aliphatic hydroxyl groups excluding tert-OH is 1. The van der Waals surface area contributed by atoms with Crippen LogP contribution in [0.1, 0.15) is 12.5 Å². The summed E-state index contributed by atoms with van der Waals surface area (Å²) in [6.45, 7) is 3.61. The molecular formula is C15H24FN3O2. The highest BCUT2D eigenvalue weighted by Crippen LogP contribution is 2.05. The summed E-state index contributed by atoms with van der Waals surface area (Å²) in [4.78, 5) is 15.3. The minimum atomic E-state index is -0.241. The number of nitrogens with zero attached hydrogens (tertiary/aromatic N) is 2. The fourth-order valence-corrected chi connectivity index (χ4v) is 1.78. The fourth-order valence-electron chi connectivity index (χ4n) is 1.78. The second-order valence-electron chi connectivity index (χ2n) is 5.24. The lowest BCUT2D eigenvalue weighted by molar-refractivity contribution is 0.156. The molecule has 1 atom stereocenters. The van der Waals surface area contributed by atoms with Crippen LogP contribution in [0.3, 0.4) is 0 Å². The number of urea groups is 1. The zero-order chi connectivity index (χ0) is 15.8. The Morgan fingerprint density at radius 1 is 1.33 bits per heavy atom. The molecule has 0 fully saturated rings. The summed E-state index contributed by atoms with van der Waals surface area (Å²) in [6, 6.07) is 5.97. The number of amides is 2. The molecule has 0 radical (unpaired) electrons. The quantitative estimate of drug-likeness (QED) is 0.797. The van der Waals surface area contributed by atoms with E-state index in [9.17, 15) is 9.18 Å². The third-order valence-corrected chi connectivity index (χ3v) is 3.38. The van der Waals surface area contributed by atoms with Crippen LogP contribution in [0.2, 0.25) is 0 Å². The molecule has 1 unspecified atom stereocenters. The van der Waals surface area contributed by atoms with E-state index in [-0.39, 0.29) is 24.5 Å². The number of aliphatic hydroxyl groups is 1. The van der Waals surface area contributed by atoms with E-state index in [1.54, 1.807) is 26.1 Å². The lowest BCUT2D eigenvalue weighted by Gasteiger charge is -2.24. The molecule has 6 heteroatoms. The van der Waals surface area contributed by atoms with Crippen molar-refractivity contribution in [2.75, 3.05) is 33.8 Å². The van der Waals surface area contributed by atoms with Crippen LogP contribution < -0.4 is 5.32 Å². The summed E-state index contributed by atoms with van der Waals surface area (Å²) in [7, 11) is 3.59. The van der Waals surface area contributed by atoms with Gasteiger partial charge in [0.25, 0.3) is 0 Å². The largest absolute Gasteiger partial charge is 0.394 e. The molecule has 0 heterocycles. The monoisotopic (exact) mass is 297 g/mol. The number of hydrogen-bond donors (Lipinski definition) is 2. The van der Waals surface area contributed by atoms with E-state index in [1.807, 2.05) is 11.9 Å². The first-order chi connectivity index (χ1) is 9.93. The molecule has 0 saturated carbocycles. The van der Waals surface area contributed by atoms with Crippen molar-refractivity contribution in [2.24, 2.45) is 0 Å². The molecule has 0 aliphatic carbocycles. The normalized spacial score (nSPS) is 12.3. The van der Waals surface area contributed by atoms with Crippen molar-refractivity contribution < 1.29 is 14.3 Å². The third kappa shape index (κ3) is 6.10. The molecule has 0 aromatic heterocycles. The Labute approximate surface area is 125 Å². The Bertz CT molecular complexity index is 439. The Morgan fingerprint density at radius 3 is 2.52 bits per heavy atom. The molecular weight excluding hydrogens is 273 g/mol. The van der Waals surface area contributed by atoms with Crippen molar-refractivity contribution in [2.45, 2.75) is 19.5 Å². The first kappa shape index (κ1) is 17.4. The number of halogens is 1. The average molecular weight is 297 g/mol. The number of rotatable bonds is 7. The van der Waals surface area contributed by atoms with Crippen LogP contribution in [-0.2, 0) is 6.54 Å². The van der Waals surface area contributed by atoms with Crippen molar-refractivity contribution in [1.29, 1.82) is 0 Å². The lowest BCUT2D eigenvalue weighted by Crippen LogP contribution is -2.45. The molecule has 0 bridgehead atoms.